The zero-order chi connectivity index (χ0) is 12.8. The number of rotatable bonds is 1. The van der Waals surface area contributed by atoms with Gasteiger partial charge in [0.1, 0.15) is 0 Å². The molecule has 1 fully saturated rings. The van der Waals surface area contributed by atoms with Crippen molar-refractivity contribution >= 4 is 12.6 Å². The molecule has 1 aromatic rings. The molecule has 0 saturated carbocycles. The highest BCUT2D eigenvalue weighted by Gasteiger charge is 2.44. The molecule has 0 radical (unpaired) electrons. The minimum absolute atomic E-state index is 0.0522. The molecule has 1 aliphatic heterocycles. The van der Waals surface area contributed by atoms with Crippen LogP contribution in [-0.4, -0.2) is 28.6 Å². The Balaban J connectivity index is 2.18. The second kappa shape index (κ2) is 3.10. The normalized spacial score (nSPS) is 29.8. The van der Waals surface area contributed by atoms with Crippen LogP contribution in [0.5, 0.6) is 0 Å². The first-order chi connectivity index (χ1) is 7.70. The largest absolute Gasteiger partial charge is 0.497 e. The lowest BCUT2D eigenvalue weighted by molar-refractivity contribution is 0.0842. The summed E-state index contributed by atoms with van der Waals surface area (Å²) in [6.07, 6.45) is 2.85. The molecule has 1 aliphatic rings. The van der Waals surface area contributed by atoms with Gasteiger partial charge >= 0.3 is 7.12 Å². The van der Waals surface area contributed by atoms with Crippen molar-refractivity contribution in [1.82, 2.24) is 9.78 Å². The summed E-state index contributed by atoms with van der Waals surface area (Å²) in [6.45, 7) is 3.53. The maximum Gasteiger partial charge on any atom is 0.497 e. The van der Waals surface area contributed by atoms with Gasteiger partial charge in [-0.25, -0.2) is 0 Å². The maximum atomic E-state index is 7.23. The van der Waals surface area contributed by atoms with Gasteiger partial charge in [-0.1, -0.05) is 0 Å². The van der Waals surface area contributed by atoms with E-state index in [1.807, 2.05) is 20.8 Å². The van der Waals surface area contributed by atoms with Crippen molar-refractivity contribution in [3.05, 3.63) is 12.4 Å². The van der Waals surface area contributed by atoms with Gasteiger partial charge in [-0.05, 0) is 20.8 Å². The zero-order valence-corrected chi connectivity index (χ0v) is 8.52. The molecule has 0 spiro atoms. The monoisotopic (exact) mass is 197 g/mol. The Kier molecular flexibility index (Phi) is 1.47. The van der Waals surface area contributed by atoms with E-state index in [1.165, 1.54) is 12.4 Å². The van der Waals surface area contributed by atoms with Gasteiger partial charge in [0, 0.05) is 28.9 Å². The van der Waals surface area contributed by atoms with Gasteiger partial charge in [-0.15, -0.1) is 0 Å². The van der Waals surface area contributed by atoms with Crippen LogP contribution in [0.25, 0.3) is 0 Å². The van der Waals surface area contributed by atoms with E-state index >= 15 is 0 Å². The molecule has 14 heavy (non-hydrogen) atoms. The number of nitrogens with zero attached hydrogens (tertiary/aromatic N) is 2. The van der Waals surface area contributed by atoms with Gasteiger partial charge in [-0.3, -0.25) is 4.68 Å². The van der Waals surface area contributed by atoms with Crippen LogP contribution in [0, 0.1) is 0 Å². The summed E-state index contributed by atoms with van der Waals surface area (Å²) in [5, 5.41) is 3.80. The summed E-state index contributed by atoms with van der Waals surface area (Å²) < 4.78 is 34.0. The second-order valence-electron chi connectivity index (χ2n) is 4.05. The lowest BCUT2D eigenvalue weighted by atomic mass is 9.82. The highest BCUT2D eigenvalue weighted by Crippen LogP contribution is 2.26. The van der Waals surface area contributed by atoms with Crippen LogP contribution in [-0.2, 0) is 16.3 Å². The summed E-state index contributed by atoms with van der Waals surface area (Å²) in [5.74, 6) is 0. The van der Waals surface area contributed by atoms with E-state index in [9.17, 15) is 0 Å². The lowest BCUT2D eigenvalue weighted by Gasteiger charge is -2.21. The van der Waals surface area contributed by atoms with Crippen molar-refractivity contribution in [1.29, 1.82) is 0 Å². The molecule has 4 nitrogen and oxygen atoms in total. The molecule has 76 valence electrons. The standard InChI is InChI=1S/C9H15BN2O2/c1-7-9(2,3)14-10(13-7)8-5-11-12(4)6-8/h5-7H,1-4H3/i4D3. The highest BCUT2D eigenvalue weighted by atomic mass is 16.7. The van der Waals surface area contributed by atoms with Crippen LogP contribution in [0.3, 0.4) is 0 Å². The number of aromatic nitrogens is 2. The number of hydrogen-bond acceptors (Lipinski definition) is 3. The molecule has 1 atom stereocenters. The Morgan fingerprint density at radius 1 is 1.71 bits per heavy atom. The van der Waals surface area contributed by atoms with E-state index < -0.39 is 14.1 Å². The smallest absolute Gasteiger partial charge is 0.402 e. The first kappa shape index (κ1) is 6.64. The Bertz CT molecular complexity index is 419. The third kappa shape index (κ3) is 1.57. The summed E-state index contributed by atoms with van der Waals surface area (Å²) >= 11 is 0. The van der Waals surface area contributed by atoms with Crippen LogP contribution in [0.2, 0.25) is 0 Å². The van der Waals surface area contributed by atoms with Crippen molar-refractivity contribution in [3.63, 3.8) is 0 Å². The first-order valence-corrected chi connectivity index (χ1v) is 4.58. The molecule has 5 heteroatoms. The molecule has 2 heterocycles. The fourth-order valence-electron chi connectivity index (χ4n) is 1.35. The molecule has 1 unspecified atom stereocenters. The molecular formula is C9H15BN2O2. The van der Waals surface area contributed by atoms with E-state index in [4.69, 9.17) is 13.4 Å². The first-order valence-electron chi connectivity index (χ1n) is 6.08. The van der Waals surface area contributed by atoms with Gasteiger partial charge < -0.3 is 9.31 Å². The Morgan fingerprint density at radius 2 is 2.50 bits per heavy atom. The maximum absolute atomic E-state index is 7.23. The summed E-state index contributed by atoms with van der Waals surface area (Å²) in [6, 6.07) is 0. The third-order valence-corrected chi connectivity index (χ3v) is 2.59. The molecule has 0 bridgehead atoms. The average molecular weight is 197 g/mol. The van der Waals surface area contributed by atoms with Gasteiger partial charge in [-0.2, -0.15) is 5.10 Å². The SMILES string of the molecule is [2H]C([2H])([2H])n1cc(B2OC(C)C(C)(C)O2)cn1. The van der Waals surface area contributed by atoms with Gasteiger partial charge in [0.15, 0.2) is 0 Å². The molecule has 0 aromatic carbocycles. The van der Waals surface area contributed by atoms with E-state index in [-0.39, 0.29) is 11.7 Å². The van der Waals surface area contributed by atoms with E-state index in [0.717, 1.165) is 4.68 Å². The Morgan fingerprint density at radius 3 is 3.00 bits per heavy atom. The zero-order valence-electron chi connectivity index (χ0n) is 11.5. The van der Waals surface area contributed by atoms with Crippen molar-refractivity contribution in [2.75, 3.05) is 0 Å². The van der Waals surface area contributed by atoms with Crippen LogP contribution in [0.15, 0.2) is 12.4 Å². The molecule has 0 aliphatic carbocycles. The molecule has 2 rings (SSSR count). The fraction of sp³-hybridized carbons (Fsp3) is 0.667. The van der Waals surface area contributed by atoms with Crippen LogP contribution in [0.1, 0.15) is 24.9 Å². The third-order valence-electron chi connectivity index (χ3n) is 2.59. The molecular weight excluding hydrogens is 179 g/mol. The second-order valence-corrected chi connectivity index (χ2v) is 4.05. The minimum Gasteiger partial charge on any atom is -0.402 e. The molecule has 0 N–H and O–H groups in total. The number of aryl methyl sites for hydroxylation is 1. The van der Waals surface area contributed by atoms with Crippen molar-refractivity contribution in [2.45, 2.75) is 32.5 Å². The molecule has 1 aromatic heterocycles. The van der Waals surface area contributed by atoms with E-state index in [0.29, 0.717) is 5.46 Å². The predicted octanol–water partition coefficient (Wildman–Crippen LogP) is 0.329. The summed E-state index contributed by atoms with van der Waals surface area (Å²) in [4.78, 5) is 0. The van der Waals surface area contributed by atoms with Gasteiger partial charge in [0.05, 0.1) is 11.7 Å². The predicted molar refractivity (Wildman–Crippen MR) is 54.3 cm³/mol. The Hall–Kier alpha value is -0.805. The van der Waals surface area contributed by atoms with Crippen LogP contribution in [0.4, 0.5) is 0 Å². The Labute approximate surface area is 88.6 Å². The highest BCUT2D eigenvalue weighted by molar-refractivity contribution is 6.61. The number of hydrogen-bond donors (Lipinski definition) is 0. The van der Waals surface area contributed by atoms with Crippen molar-refractivity contribution < 1.29 is 13.4 Å². The average Bonchev–Trinajstić information content (AvgIpc) is 2.71. The molecule has 1 saturated heterocycles. The van der Waals surface area contributed by atoms with Crippen LogP contribution < -0.4 is 5.46 Å². The van der Waals surface area contributed by atoms with Gasteiger partial charge in [0.2, 0.25) is 0 Å². The van der Waals surface area contributed by atoms with E-state index in [2.05, 4.69) is 5.10 Å². The molecule has 0 amide bonds. The summed E-state index contributed by atoms with van der Waals surface area (Å²) in [5.41, 5.74) is 0.241. The summed E-state index contributed by atoms with van der Waals surface area (Å²) in [7, 11) is -0.545. The topological polar surface area (TPSA) is 36.3 Å². The van der Waals surface area contributed by atoms with Crippen molar-refractivity contribution in [3.8, 4) is 0 Å². The quantitative estimate of drug-likeness (QED) is 0.608. The lowest BCUT2D eigenvalue weighted by Crippen LogP contribution is -2.34. The minimum atomic E-state index is -2.27. The van der Waals surface area contributed by atoms with Gasteiger partial charge in [0.25, 0.3) is 0 Å². The van der Waals surface area contributed by atoms with Crippen LogP contribution >= 0.6 is 0 Å². The fourth-order valence-corrected chi connectivity index (χ4v) is 1.35. The van der Waals surface area contributed by atoms with Crippen molar-refractivity contribution in [2.24, 2.45) is 6.98 Å². The van der Waals surface area contributed by atoms with E-state index in [1.54, 1.807) is 0 Å².